The topological polar surface area (TPSA) is 91.1 Å². The van der Waals surface area contributed by atoms with E-state index < -0.39 is 0 Å². The molecule has 0 radical (unpaired) electrons. The zero-order valence-electron chi connectivity index (χ0n) is 16.6. The van der Waals surface area contributed by atoms with Crippen LogP contribution in [-0.4, -0.2) is 46.0 Å². The van der Waals surface area contributed by atoms with Crippen LogP contribution in [0.4, 0.5) is 0 Å². The number of nitrogens with zero attached hydrogens (tertiary/aromatic N) is 3. The highest BCUT2D eigenvalue weighted by molar-refractivity contribution is 14.0. The summed E-state index contributed by atoms with van der Waals surface area (Å²) in [5, 5.41) is 14.2. The summed E-state index contributed by atoms with van der Waals surface area (Å²) in [5.41, 5.74) is 0. The van der Waals surface area contributed by atoms with Crippen LogP contribution in [0.3, 0.4) is 0 Å². The van der Waals surface area contributed by atoms with Gasteiger partial charge >= 0.3 is 0 Å². The summed E-state index contributed by atoms with van der Waals surface area (Å²) in [6.45, 7) is 6.51. The molecule has 2 aromatic heterocycles. The number of hydrogen-bond acceptors (Lipinski definition) is 5. The Hall–Kier alpha value is -2.01. The summed E-state index contributed by atoms with van der Waals surface area (Å²) in [7, 11) is 0. The standard InChI is InChI=1S/C20H26N6OS.HI/c1-3-21-20(23-14-15(2)28-16-8-5-4-6-9-16)22-12-11-18-24-19(26-25-18)17-10-7-13-27-17;/h4-10,13,15H,3,11-12,14H2,1-2H3,(H2,21,22,23)(H,24,25,26);1H. The van der Waals surface area contributed by atoms with Crippen molar-refractivity contribution < 1.29 is 4.42 Å². The Kier molecular flexibility index (Phi) is 10.1. The molecule has 0 spiro atoms. The van der Waals surface area contributed by atoms with Crippen molar-refractivity contribution in [2.24, 2.45) is 4.99 Å². The Balaban J connectivity index is 0.00000300. The third-order valence-corrected chi connectivity index (χ3v) is 4.95. The summed E-state index contributed by atoms with van der Waals surface area (Å²) in [4.78, 5) is 10.4. The highest BCUT2D eigenvalue weighted by atomic mass is 127. The minimum absolute atomic E-state index is 0. The molecule has 0 amide bonds. The average Bonchev–Trinajstić information content (AvgIpc) is 3.39. The first-order valence-corrected chi connectivity index (χ1v) is 10.3. The van der Waals surface area contributed by atoms with Crippen molar-refractivity contribution in [3.63, 3.8) is 0 Å². The minimum atomic E-state index is 0. The van der Waals surface area contributed by atoms with Crippen molar-refractivity contribution in [2.45, 2.75) is 30.4 Å². The second kappa shape index (κ2) is 12.5. The molecule has 0 aliphatic rings. The van der Waals surface area contributed by atoms with Crippen LogP contribution < -0.4 is 10.6 Å². The molecule has 0 bridgehead atoms. The first kappa shape index (κ1) is 23.3. The summed E-state index contributed by atoms with van der Waals surface area (Å²) in [6, 6.07) is 14.1. The molecule has 0 aliphatic carbocycles. The third kappa shape index (κ3) is 7.73. The van der Waals surface area contributed by atoms with Gasteiger partial charge in [0.1, 0.15) is 5.82 Å². The van der Waals surface area contributed by atoms with Crippen molar-refractivity contribution in [1.29, 1.82) is 0 Å². The van der Waals surface area contributed by atoms with E-state index in [0.29, 0.717) is 29.8 Å². The highest BCUT2D eigenvalue weighted by Gasteiger charge is 2.09. The van der Waals surface area contributed by atoms with Crippen molar-refractivity contribution in [3.8, 4) is 11.6 Å². The molecule has 3 aromatic rings. The Labute approximate surface area is 192 Å². The molecule has 0 aliphatic heterocycles. The lowest BCUT2D eigenvalue weighted by atomic mass is 10.4. The molecule has 156 valence electrons. The zero-order valence-corrected chi connectivity index (χ0v) is 19.7. The van der Waals surface area contributed by atoms with Gasteiger partial charge in [0.25, 0.3) is 0 Å². The quantitative estimate of drug-likeness (QED) is 0.169. The molecule has 0 saturated heterocycles. The van der Waals surface area contributed by atoms with Crippen LogP contribution in [0.1, 0.15) is 19.7 Å². The molecule has 1 aromatic carbocycles. The molecular weight excluding hydrogens is 499 g/mol. The second-order valence-corrected chi connectivity index (χ2v) is 7.73. The number of nitrogens with one attached hydrogen (secondary N) is 3. The van der Waals surface area contributed by atoms with Crippen LogP contribution >= 0.6 is 35.7 Å². The largest absolute Gasteiger partial charge is 0.461 e. The van der Waals surface area contributed by atoms with E-state index in [1.807, 2.05) is 30.0 Å². The second-order valence-electron chi connectivity index (χ2n) is 6.22. The number of H-pyrrole nitrogens is 1. The van der Waals surface area contributed by atoms with Gasteiger partial charge in [0.05, 0.1) is 12.8 Å². The summed E-state index contributed by atoms with van der Waals surface area (Å²) < 4.78 is 5.31. The summed E-state index contributed by atoms with van der Waals surface area (Å²) >= 11 is 1.83. The van der Waals surface area contributed by atoms with Gasteiger partial charge in [-0.2, -0.15) is 5.10 Å². The lowest BCUT2D eigenvalue weighted by Crippen LogP contribution is -2.38. The number of thioether (sulfide) groups is 1. The maximum Gasteiger partial charge on any atom is 0.216 e. The van der Waals surface area contributed by atoms with Gasteiger partial charge in [-0.15, -0.1) is 35.7 Å². The van der Waals surface area contributed by atoms with Crippen LogP contribution in [0.25, 0.3) is 11.6 Å². The lowest BCUT2D eigenvalue weighted by molar-refractivity contribution is 0.577. The van der Waals surface area contributed by atoms with Gasteiger partial charge in [0.2, 0.25) is 5.82 Å². The van der Waals surface area contributed by atoms with Crippen LogP contribution in [0.15, 0.2) is 63.0 Å². The van der Waals surface area contributed by atoms with Gasteiger partial charge < -0.3 is 15.1 Å². The van der Waals surface area contributed by atoms with E-state index in [0.717, 1.165) is 24.9 Å². The minimum Gasteiger partial charge on any atom is -0.461 e. The average molecular weight is 526 g/mol. The number of benzene rings is 1. The van der Waals surface area contributed by atoms with E-state index in [2.05, 4.69) is 63.9 Å². The first-order valence-electron chi connectivity index (χ1n) is 9.43. The summed E-state index contributed by atoms with van der Waals surface area (Å²) in [5.74, 6) is 2.86. The fraction of sp³-hybridized carbons (Fsp3) is 0.350. The number of furan rings is 1. The molecule has 3 N–H and O–H groups in total. The van der Waals surface area contributed by atoms with Gasteiger partial charge in [-0.3, -0.25) is 10.1 Å². The molecule has 2 heterocycles. The normalized spacial score (nSPS) is 12.3. The van der Waals surface area contributed by atoms with E-state index in [-0.39, 0.29) is 24.0 Å². The van der Waals surface area contributed by atoms with Crippen molar-refractivity contribution >= 4 is 41.7 Å². The SMILES string of the molecule is CCNC(=NCC(C)Sc1ccccc1)NCCc1nc(-c2ccco2)n[nH]1.I. The Bertz CT molecular complexity index is 853. The van der Waals surface area contributed by atoms with Crippen molar-refractivity contribution in [3.05, 3.63) is 54.6 Å². The van der Waals surface area contributed by atoms with E-state index in [1.54, 1.807) is 6.26 Å². The van der Waals surface area contributed by atoms with Crippen molar-refractivity contribution in [2.75, 3.05) is 19.6 Å². The number of rotatable bonds is 9. The number of aromatic nitrogens is 3. The molecule has 1 unspecified atom stereocenters. The van der Waals surface area contributed by atoms with E-state index in [4.69, 9.17) is 9.41 Å². The molecule has 0 saturated carbocycles. The molecule has 7 nitrogen and oxygen atoms in total. The lowest BCUT2D eigenvalue weighted by Gasteiger charge is -2.13. The number of halogens is 1. The highest BCUT2D eigenvalue weighted by Crippen LogP contribution is 2.22. The van der Waals surface area contributed by atoms with Gasteiger partial charge in [-0.1, -0.05) is 25.1 Å². The zero-order chi connectivity index (χ0) is 19.6. The summed E-state index contributed by atoms with van der Waals surface area (Å²) in [6.07, 6.45) is 2.33. The fourth-order valence-electron chi connectivity index (χ4n) is 2.55. The van der Waals surface area contributed by atoms with Gasteiger partial charge in [-0.25, -0.2) is 4.98 Å². The Morgan fingerprint density at radius 2 is 2.03 bits per heavy atom. The van der Waals surface area contributed by atoms with Crippen molar-refractivity contribution in [1.82, 2.24) is 25.8 Å². The van der Waals surface area contributed by atoms with E-state index in [1.165, 1.54) is 4.90 Å². The van der Waals surface area contributed by atoms with Gasteiger partial charge in [-0.05, 0) is 31.2 Å². The van der Waals surface area contributed by atoms with Crippen LogP contribution in [0.2, 0.25) is 0 Å². The van der Waals surface area contributed by atoms with Gasteiger partial charge in [0.15, 0.2) is 11.7 Å². The first-order chi connectivity index (χ1) is 13.7. The maximum absolute atomic E-state index is 5.31. The van der Waals surface area contributed by atoms with Crippen LogP contribution in [0, 0.1) is 0 Å². The molecule has 1 atom stereocenters. The monoisotopic (exact) mass is 526 g/mol. The van der Waals surface area contributed by atoms with E-state index >= 15 is 0 Å². The van der Waals surface area contributed by atoms with E-state index in [9.17, 15) is 0 Å². The predicted octanol–water partition coefficient (Wildman–Crippen LogP) is 3.96. The van der Waals surface area contributed by atoms with Crippen LogP contribution in [-0.2, 0) is 6.42 Å². The maximum atomic E-state index is 5.31. The predicted molar refractivity (Wildman–Crippen MR) is 129 cm³/mol. The molecule has 29 heavy (non-hydrogen) atoms. The molecule has 3 rings (SSSR count). The molecule has 9 heteroatoms. The third-order valence-electron chi connectivity index (χ3n) is 3.86. The number of aliphatic imine (C=N–C) groups is 1. The molecular formula is C20H27IN6OS. The Morgan fingerprint density at radius 1 is 1.21 bits per heavy atom. The number of hydrogen-bond donors (Lipinski definition) is 3. The number of guanidine groups is 1. The fourth-order valence-corrected chi connectivity index (χ4v) is 3.48. The van der Waals surface area contributed by atoms with Crippen LogP contribution in [0.5, 0.6) is 0 Å². The Morgan fingerprint density at radius 3 is 2.76 bits per heavy atom. The van der Waals surface area contributed by atoms with Gasteiger partial charge in [0, 0.05) is 29.7 Å². The molecule has 0 fully saturated rings. The smallest absolute Gasteiger partial charge is 0.216 e. The number of aromatic amines is 1.